The lowest BCUT2D eigenvalue weighted by Crippen LogP contribution is -2.43. The number of likely N-dealkylation sites (tertiary alicyclic amines) is 1. The van der Waals surface area contributed by atoms with E-state index in [1.54, 1.807) is 4.90 Å². The van der Waals surface area contributed by atoms with Gasteiger partial charge in [0.2, 0.25) is 6.79 Å². The van der Waals surface area contributed by atoms with E-state index in [1.807, 2.05) is 16.7 Å². The molecule has 168 valence electrons. The number of benzene rings is 1. The van der Waals surface area contributed by atoms with Crippen LogP contribution < -0.4 is 15.2 Å². The highest BCUT2D eigenvalue weighted by Crippen LogP contribution is 2.43. The number of ether oxygens (including phenoxy) is 2. The van der Waals surface area contributed by atoms with Gasteiger partial charge in [-0.25, -0.2) is 19.7 Å². The summed E-state index contributed by atoms with van der Waals surface area (Å²) in [7, 11) is 0. The zero-order chi connectivity index (χ0) is 22.2. The van der Waals surface area contributed by atoms with Crippen LogP contribution in [-0.4, -0.2) is 55.0 Å². The van der Waals surface area contributed by atoms with Gasteiger partial charge in [-0.05, 0) is 53.7 Å². The van der Waals surface area contributed by atoms with Crippen LogP contribution in [0, 0.1) is 0 Å². The van der Waals surface area contributed by atoms with Gasteiger partial charge in [0.15, 0.2) is 33.6 Å². The number of fused-ring (bicyclic) bond motifs is 2. The first-order valence-electron chi connectivity index (χ1n) is 10.2. The number of nitrogen functional groups attached to an aromatic ring is 1. The zero-order valence-corrected chi connectivity index (χ0v) is 19.4. The molecule has 0 radical (unpaired) electrons. The van der Waals surface area contributed by atoms with Crippen LogP contribution >= 0.6 is 27.7 Å². The number of carbonyl (C=O) groups is 1. The Hall–Kier alpha value is -2.73. The van der Waals surface area contributed by atoms with Gasteiger partial charge in [-0.2, -0.15) is 0 Å². The van der Waals surface area contributed by atoms with Gasteiger partial charge < -0.3 is 29.8 Å². The molecule has 0 spiro atoms. The monoisotopic (exact) mass is 520 g/mol. The minimum Gasteiger partial charge on any atom is -0.465 e. The number of hydrogen-bond acceptors (Lipinski definition) is 8. The molecule has 0 bridgehead atoms. The molecule has 32 heavy (non-hydrogen) atoms. The molecule has 0 aliphatic carbocycles. The van der Waals surface area contributed by atoms with Gasteiger partial charge in [0.05, 0.1) is 0 Å². The van der Waals surface area contributed by atoms with E-state index in [9.17, 15) is 9.90 Å². The number of nitrogens with zero attached hydrogens (tertiary/aromatic N) is 5. The molecule has 4 heterocycles. The third-order valence-electron chi connectivity index (χ3n) is 5.71. The Kier molecular flexibility index (Phi) is 5.72. The average Bonchev–Trinajstić information content (AvgIpc) is 3.37. The third kappa shape index (κ3) is 3.92. The van der Waals surface area contributed by atoms with Crippen molar-refractivity contribution in [2.24, 2.45) is 0 Å². The number of imidazole rings is 1. The maximum atomic E-state index is 11.7. The predicted molar refractivity (Wildman–Crippen MR) is 121 cm³/mol. The summed E-state index contributed by atoms with van der Waals surface area (Å²) in [6, 6.07) is 3.75. The first-order valence-corrected chi connectivity index (χ1v) is 11.9. The van der Waals surface area contributed by atoms with E-state index in [4.69, 9.17) is 20.2 Å². The van der Waals surface area contributed by atoms with Crippen LogP contribution in [0.4, 0.5) is 10.6 Å². The van der Waals surface area contributed by atoms with E-state index in [-0.39, 0.29) is 12.8 Å². The van der Waals surface area contributed by atoms with Crippen molar-refractivity contribution in [3.05, 3.63) is 22.9 Å². The second kappa shape index (κ2) is 8.66. The number of anilines is 1. The van der Waals surface area contributed by atoms with Crippen LogP contribution in [0.3, 0.4) is 0 Å². The smallest absolute Gasteiger partial charge is 0.407 e. The molecule has 0 saturated carbocycles. The maximum absolute atomic E-state index is 11.7. The van der Waals surface area contributed by atoms with Crippen LogP contribution in [0.2, 0.25) is 0 Å². The van der Waals surface area contributed by atoms with Crippen molar-refractivity contribution in [2.45, 2.75) is 48.3 Å². The minimum atomic E-state index is -0.865. The van der Waals surface area contributed by atoms with E-state index in [1.165, 1.54) is 18.1 Å². The highest BCUT2D eigenvalue weighted by molar-refractivity contribution is 9.10. The van der Waals surface area contributed by atoms with Crippen molar-refractivity contribution in [3.63, 3.8) is 0 Å². The summed E-state index contributed by atoms with van der Waals surface area (Å²) >= 11 is 5.05. The molecule has 2 aliphatic heterocycles. The molecule has 1 fully saturated rings. The van der Waals surface area contributed by atoms with Gasteiger partial charge in [0, 0.05) is 28.5 Å². The summed E-state index contributed by atoms with van der Waals surface area (Å²) in [4.78, 5) is 27.3. The Morgan fingerprint density at radius 1 is 1.28 bits per heavy atom. The Morgan fingerprint density at radius 3 is 2.91 bits per heavy atom. The highest BCUT2D eigenvalue weighted by atomic mass is 79.9. The topological polar surface area (TPSA) is 129 Å². The van der Waals surface area contributed by atoms with Crippen molar-refractivity contribution in [3.8, 4) is 11.5 Å². The van der Waals surface area contributed by atoms with Gasteiger partial charge >= 0.3 is 6.09 Å². The summed E-state index contributed by atoms with van der Waals surface area (Å²) in [5.74, 6) is 1.68. The molecule has 1 saturated heterocycles. The lowest BCUT2D eigenvalue weighted by atomic mass is 10.00. The second-order valence-corrected chi connectivity index (χ2v) is 9.49. The molecular formula is C20H21BrN6O4S. The Bertz CT molecular complexity index is 1190. The van der Waals surface area contributed by atoms with Crippen LogP contribution in [0.15, 0.2) is 33.0 Å². The number of halogens is 1. The van der Waals surface area contributed by atoms with Crippen molar-refractivity contribution in [2.75, 3.05) is 19.1 Å². The SMILES string of the molecule is Nc1ncnc2c1nc(Sc1cc3c(cc1Br)OCO3)n2CCC1CCCCN1C(=O)O. The van der Waals surface area contributed by atoms with E-state index < -0.39 is 6.09 Å². The number of rotatable bonds is 5. The van der Waals surface area contributed by atoms with Crippen molar-refractivity contribution < 1.29 is 19.4 Å². The van der Waals surface area contributed by atoms with Gasteiger partial charge in [0.1, 0.15) is 6.33 Å². The van der Waals surface area contributed by atoms with Crippen LogP contribution in [-0.2, 0) is 6.54 Å². The molecular weight excluding hydrogens is 500 g/mol. The van der Waals surface area contributed by atoms with Gasteiger partial charge in [-0.15, -0.1) is 0 Å². The van der Waals surface area contributed by atoms with E-state index in [0.29, 0.717) is 53.1 Å². The molecule has 1 amide bonds. The summed E-state index contributed by atoms with van der Waals surface area (Å²) in [5.41, 5.74) is 7.24. The fourth-order valence-electron chi connectivity index (χ4n) is 4.12. The zero-order valence-electron chi connectivity index (χ0n) is 17.0. The summed E-state index contributed by atoms with van der Waals surface area (Å²) in [6.45, 7) is 1.33. The number of hydrogen-bond donors (Lipinski definition) is 2. The molecule has 3 N–H and O–H groups in total. The normalized spacial score (nSPS) is 17.8. The Labute approximate surface area is 196 Å². The second-order valence-electron chi connectivity index (χ2n) is 7.63. The standard InChI is InChI=1S/C20H21BrN6O4S/c21-12-7-13-14(31-10-30-13)8-15(12)32-19-25-16-17(22)23-9-24-18(16)27(19)6-4-11-3-1-2-5-26(11)20(28)29/h7-9,11H,1-6,10H2,(H,28,29)(H2,22,23,24). The van der Waals surface area contributed by atoms with Gasteiger partial charge in [0.25, 0.3) is 0 Å². The molecule has 2 aromatic heterocycles. The highest BCUT2D eigenvalue weighted by Gasteiger charge is 2.27. The van der Waals surface area contributed by atoms with Gasteiger partial charge in [-0.3, -0.25) is 0 Å². The van der Waals surface area contributed by atoms with E-state index in [2.05, 4.69) is 25.9 Å². The number of nitrogens with two attached hydrogens (primary N) is 1. The van der Waals surface area contributed by atoms with Crippen molar-refractivity contribution in [1.82, 2.24) is 24.4 Å². The van der Waals surface area contributed by atoms with Crippen LogP contribution in [0.5, 0.6) is 11.5 Å². The van der Waals surface area contributed by atoms with Crippen LogP contribution in [0.1, 0.15) is 25.7 Å². The largest absolute Gasteiger partial charge is 0.465 e. The van der Waals surface area contributed by atoms with Crippen LogP contribution in [0.25, 0.3) is 11.2 Å². The Morgan fingerprint density at radius 2 is 2.09 bits per heavy atom. The van der Waals surface area contributed by atoms with E-state index in [0.717, 1.165) is 28.6 Å². The molecule has 1 atom stereocenters. The van der Waals surface area contributed by atoms with Gasteiger partial charge in [-0.1, -0.05) is 11.8 Å². The third-order valence-corrected chi connectivity index (χ3v) is 7.68. The molecule has 1 aromatic carbocycles. The fourth-order valence-corrected chi connectivity index (χ4v) is 5.63. The molecule has 1 unspecified atom stereocenters. The number of amides is 1. The molecule has 5 rings (SSSR count). The van der Waals surface area contributed by atoms with Crippen molar-refractivity contribution >= 4 is 50.8 Å². The van der Waals surface area contributed by atoms with E-state index >= 15 is 0 Å². The first kappa shape index (κ1) is 21.1. The maximum Gasteiger partial charge on any atom is 0.407 e. The molecule has 3 aromatic rings. The first-order chi connectivity index (χ1) is 15.5. The summed E-state index contributed by atoms with van der Waals surface area (Å²) in [5, 5.41) is 10.3. The Balaban J connectivity index is 1.47. The summed E-state index contributed by atoms with van der Waals surface area (Å²) in [6.07, 6.45) is 4.00. The number of aryl methyl sites for hydroxylation is 1. The lowest BCUT2D eigenvalue weighted by Gasteiger charge is -2.33. The summed E-state index contributed by atoms with van der Waals surface area (Å²) < 4.78 is 13.8. The predicted octanol–water partition coefficient (Wildman–Crippen LogP) is 3.97. The number of carboxylic acid groups (broad SMARTS) is 1. The molecule has 12 heteroatoms. The lowest BCUT2D eigenvalue weighted by molar-refractivity contribution is 0.101. The molecule has 2 aliphatic rings. The molecule has 10 nitrogen and oxygen atoms in total. The number of aromatic nitrogens is 4. The fraction of sp³-hybridized carbons (Fsp3) is 0.400. The number of piperidine rings is 1. The average molecular weight is 521 g/mol. The minimum absolute atomic E-state index is 0.0342. The quantitative estimate of drug-likeness (QED) is 0.512. The van der Waals surface area contributed by atoms with Crippen molar-refractivity contribution in [1.29, 1.82) is 0 Å².